The average molecular weight is 498 g/mol. The smallest absolute Gasteiger partial charge is 0.272 e. The van der Waals surface area contributed by atoms with Crippen molar-refractivity contribution >= 4 is 16.9 Å². The lowest BCUT2D eigenvalue weighted by molar-refractivity contribution is -0.692. The Balaban J connectivity index is 1.49. The lowest BCUT2D eigenvalue weighted by atomic mass is 10.00. The molecule has 0 aliphatic carbocycles. The molecule has 4 aromatic rings. The van der Waals surface area contributed by atoms with E-state index in [9.17, 15) is 23.6 Å². The Hall–Kier alpha value is -3.89. The number of halogens is 2. The molecule has 4 rings (SSSR count). The van der Waals surface area contributed by atoms with E-state index in [0.29, 0.717) is 17.6 Å². The number of aromatic amines is 1. The summed E-state index contributed by atoms with van der Waals surface area (Å²) in [6, 6.07) is 14.6. The van der Waals surface area contributed by atoms with E-state index in [1.165, 1.54) is 23.8 Å². The maximum atomic E-state index is 13.8. The van der Waals surface area contributed by atoms with Gasteiger partial charge < -0.3 is 15.7 Å². The first-order valence-corrected chi connectivity index (χ1v) is 11.6. The van der Waals surface area contributed by atoms with E-state index >= 15 is 0 Å². The van der Waals surface area contributed by atoms with Crippen LogP contribution < -0.4 is 15.2 Å². The molecule has 3 aromatic carbocycles. The summed E-state index contributed by atoms with van der Waals surface area (Å²) in [5.74, 6) is -2.02. The topological polar surface area (TPSA) is 113 Å². The minimum Gasteiger partial charge on any atom is -0.390 e. The lowest BCUT2D eigenvalue weighted by Gasteiger charge is -2.25. The maximum Gasteiger partial charge on any atom is 0.272 e. The van der Waals surface area contributed by atoms with Crippen molar-refractivity contribution < 1.29 is 27.9 Å². The van der Waals surface area contributed by atoms with Crippen molar-refractivity contribution in [3.63, 3.8) is 0 Å². The molecular formula is C26H27F2N4O4+. The number of carbonyl (C=O) groups is 1. The van der Waals surface area contributed by atoms with Crippen LogP contribution >= 0.6 is 0 Å². The molecule has 0 saturated heterocycles. The van der Waals surface area contributed by atoms with E-state index < -0.39 is 29.7 Å². The van der Waals surface area contributed by atoms with Gasteiger partial charge in [0.15, 0.2) is 4.60 Å². The van der Waals surface area contributed by atoms with Gasteiger partial charge in [0.2, 0.25) is 5.52 Å². The number of aromatic nitrogens is 2. The van der Waals surface area contributed by atoms with Crippen molar-refractivity contribution in [2.24, 2.45) is 0 Å². The molecule has 10 heteroatoms. The summed E-state index contributed by atoms with van der Waals surface area (Å²) in [4.78, 5) is 24.5. The first-order valence-electron chi connectivity index (χ1n) is 11.6. The number of aliphatic hydroxyl groups excluding tert-OH is 1. The second-order valence-corrected chi connectivity index (χ2v) is 8.62. The molecule has 0 saturated carbocycles. The van der Waals surface area contributed by atoms with E-state index in [1.807, 2.05) is 18.2 Å². The number of H-pyrrole nitrogens is 1. The minimum absolute atomic E-state index is 0.00474. The van der Waals surface area contributed by atoms with Crippen LogP contribution in [0.25, 0.3) is 11.0 Å². The number of nitrogens with zero attached hydrogens (tertiary/aromatic N) is 1. The van der Waals surface area contributed by atoms with Crippen molar-refractivity contribution in [2.45, 2.75) is 38.5 Å². The number of rotatable bonds is 10. The van der Waals surface area contributed by atoms with Crippen LogP contribution in [0.4, 0.5) is 8.78 Å². The van der Waals surface area contributed by atoms with Gasteiger partial charge in [-0.25, -0.2) is 8.78 Å². The fourth-order valence-electron chi connectivity index (χ4n) is 4.04. The van der Waals surface area contributed by atoms with E-state index in [0.717, 1.165) is 30.2 Å². The lowest BCUT2D eigenvalue weighted by Crippen LogP contribution is -2.48. The van der Waals surface area contributed by atoms with E-state index in [1.54, 1.807) is 0 Å². The molecule has 1 aromatic heterocycles. The molecule has 0 aliphatic rings. The summed E-state index contributed by atoms with van der Waals surface area (Å²) in [6.07, 6.45) is -0.163. The summed E-state index contributed by atoms with van der Waals surface area (Å²) in [7, 11) is 0. The molecule has 8 nitrogen and oxygen atoms in total. The van der Waals surface area contributed by atoms with Crippen LogP contribution in [0.2, 0.25) is 0 Å². The summed E-state index contributed by atoms with van der Waals surface area (Å²) >= 11 is 0. The van der Waals surface area contributed by atoms with Gasteiger partial charge >= 0.3 is 0 Å². The predicted molar refractivity (Wildman–Crippen MR) is 129 cm³/mol. The Morgan fingerprint density at radius 3 is 2.56 bits per heavy atom. The molecule has 0 aliphatic heterocycles. The third-order valence-corrected chi connectivity index (χ3v) is 5.94. The monoisotopic (exact) mass is 497 g/mol. The minimum atomic E-state index is -1.07. The number of amides is 1. The third-order valence-electron chi connectivity index (χ3n) is 5.94. The number of hydrogen-bond acceptors (Lipinski definition) is 5. The van der Waals surface area contributed by atoms with Gasteiger partial charge in [-0.05, 0) is 58.7 Å². The fourth-order valence-corrected chi connectivity index (χ4v) is 4.04. The van der Waals surface area contributed by atoms with Crippen LogP contribution in [0, 0.1) is 16.5 Å². The molecule has 1 heterocycles. The summed E-state index contributed by atoms with van der Waals surface area (Å²) in [6.45, 7) is 2.70. The first-order chi connectivity index (χ1) is 17.3. The van der Waals surface area contributed by atoms with Gasteiger partial charge in [-0.3, -0.25) is 4.79 Å². The zero-order valence-electron chi connectivity index (χ0n) is 19.6. The second kappa shape index (κ2) is 11.2. The number of aryl methyl sites for hydroxylation is 1. The van der Waals surface area contributed by atoms with Crippen molar-refractivity contribution in [2.75, 3.05) is 6.54 Å². The third kappa shape index (κ3) is 6.21. The van der Waals surface area contributed by atoms with E-state index in [2.05, 4.69) is 33.4 Å². The summed E-state index contributed by atoms with van der Waals surface area (Å²) in [5, 5.41) is 19.3. The fraction of sp³-hybridized carbons (Fsp3) is 0.269. The van der Waals surface area contributed by atoms with Crippen LogP contribution in [0.1, 0.15) is 34.0 Å². The zero-order chi connectivity index (χ0) is 25.7. The van der Waals surface area contributed by atoms with Crippen molar-refractivity contribution in [1.82, 2.24) is 15.8 Å². The standard InChI is InChI=1S/C26H26F2N4O4/c1-2-16-4-3-5-17(8-16)14-29-15-25(33)23(11-18-9-20(27)13-21(28)10-18)30-26(34)19-6-7-24-22(12-19)31-36-32(24)35/h3-10,12-13,23,25,29,33H,2,11,14-15H2,1H3,(H-,30,31,34,35)/p+1/t23-,25+/m1/s1. The number of nitrogens with one attached hydrogen (secondary N) is 3. The van der Waals surface area contributed by atoms with Gasteiger partial charge in [0.05, 0.1) is 12.1 Å². The Bertz CT molecular complexity index is 1400. The number of aliphatic hydroxyl groups is 1. The van der Waals surface area contributed by atoms with Gasteiger partial charge in [0.1, 0.15) is 11.6 Å². The Labute approximate surface area is 205 Å². The molecule has 0 fully saturated rings. The molecule has 0 spiro atoms. The van der Waals surface area contributed by atoms with Gasteiger partial charge in [-0.1, -0.05) is 41.0 Å². The van der Waals surface area contributed by atoms with Crippen molar-refractivity contribution in [3.05, 3.63) is 99.5 Å². The second-order valence-electron chi connectivity index (χ2n) is 8.62. The van der Waals surface area contributed by atoms with E-state index in [4.69, 9.17) is 0 Å². The molecule has 0 radical (unpaired) electrons. The molecule has 188 valence electrons. The van der Waals surface area contributed by atoms with Crippen LogP contribution in [-0.2, 0) is 19.4 Å². The normalized spacial score (nSPS) is 13.0. The number of carbonyl (C=O) groups excluding carboxylic acids is 1. The molecule has 36 heavy (non-hydrogen) atoms. The molecular weight excluding hydrogens is 470 g/mol. The van der Waals surface area contributed by atoms with E-state index in [-0.39, 0.29) is 28.6 Å². The largest absolute Gasteiger partial charge is 0.390 e. The molecule has 0 bridgehead atoms. The molecule has 2 atom stereocenters. The van der Waals surface area contributed by atoms with Crippen LogP contribution in [0.3, 0.4) is 0 Å². The quantitative estimate of drug-likeness (QED) is 0.269. The Kier molecular flexibility index (Phi) is 7.87. The highest BCUT2D eigenvalue weighted by atomic mass is 19.1. The van der Waals surface area contributed by atoms with Crippen LogP contribution in [0.15, 0.2) is 65.3 Å². The molecule has 0 unspecified atom stereocenters. The van der Waals surface area contributed by atoms with Crippen molar-refractivity contribution in [1.29, 1.82) is 0 Å². The van der Waals surface area contributed by atoms with Gasteiger partial charge in [-0.15, -0.1) is 0 Å². The van der Waals surface area contributed by atoms with Gasteiger partial charge in [0.25, 0.3) is 11.4 Å². The number of hydrogen-bond donors (Lipinski definition) is 4. The van der Waals surface area contributed by atoms with Gasteiger partial charge in [0, 0.05) is 30.8 Å². The highest BCUT2D eigenvalue weighted by molar-refractivity contribution is 5.97. The van der Waals surface area contributed by atoms with Crippen molar-refractivity contribution in [3.8, 4) is 0 Å². The highest BCUT2D eigenvalue weighted by Crippen LogP contribution is 2.14. The maximum absolute atomic E-state index is 13.8. The van der Waals surface area contributed by atoms with Crippen LogP contribution in [-0.4, -0.2) is 34.9 Å². The highest BCUT2D eigenvalue weighted by Gasteiger charge is 2.24. The summed E-state index contributed by atoms with van der Waals surface area (Å²) < 4.78 is 32.5. The SMILES string of the molecule is CCc1cccc(CNC[C@H](O)[C@@H](Cc2cc(F)cc(F)c2)NC(=O)c2ccc3c(c2)[nH]o[n+]3=O)c1. The average Bonchev–Trinajstić information content (AvgIpc) is 3.23. The number of benzene rings is 3. The Morgan fingerprint density at radius 1 is 1.06 bits per heavy atom. The molecule has 1 amide bonds. The predicted octanol–water partition coefficient (Wildman–Crippen LogP) is 3.01. The molecule has 4 N–H and O–H groups in total. The Morgan fingerprint density at radius 2 is 1.81 bits per heavy atom. The number of fused-ring (bicyclic) bond motifs is 1. The summed E-state index contributed by atoms with van der Waals surface area (Å²) in [5.41, 5.74) is 3.29. The van der Waals surface area contributed by atoms with Gasteiger partial charge in [-0.2, -0.15) is 0 Å². The van der Waals surface area contributed by atoms with Crippen LogP contribution in [0.5, 0.6) is 0 Å². The first kappa shape index (κ1) is 25.2. The zero-order valence-corrected chi connectivity index (χ0v) is 19.6.